The molecule has 1 saturated heterocycles. The van der Waals surface area contributed by atoms with Gasteiger partial charge in [-0.05, 0) is 32.4 Å². The Bertz CT molecular complexity index is 858. The highest BCUT2D eigenvalue weighted by Gasteiger charge is 2.25. The second kappa shape index (κ2) is 6.14. The van der Waals surface area contributed by atoms with Crippen molar-refractivity contribution in [2.45, 2.75) is 33.4 Å². The van der Waals surface area contributed by atoms with Crippen molar-refractivity contribution in [1.29, 1.82) is 0 Å². The number of rotatable bonds is 3. The van der Waals surface area contributed by atoms with Gasteiger partial charge in [-0.15, -0.1) is 11.3 Å². The maximum atomic E-state index is 5.94. The van der Waals surface area contributed by atoms with Crippen LogP contribution in [0.3, 0.4) is 0 Å². The molecule has 126 valence electrons. The van der Waals surface area contributed by atoms with Gasteiger partial charge in [0, 0.05) is 30.4 Å². The van der Waals surface area contributed by atoms with E-state index < -0.39 is 0 Å². The van der Waals surface area contributed by atoms with E-state index in [9.17, 15) is 0 Å². The van der Waals surface area contributed by atoms with Crippen LogP contribution in [0.25, 0.3) is 10.2 Å². The second-order valence-electron chi connectivity index (χ2n) is 6.22. The number of anilines is 1. The molecular weight excluding hydrogens is 322 g/mol. The molecule has 0 bridgehead atoms. The van der Waals surface area contributed by atoms with Gasteiger partial charge in [-0.1, -0.05) is 0 Å². The molecule has 0 N–H and O–H groups in total. The number of fused-ring (bicyclic) bond motifs is 1. The smallest absolute Gasteiger partial charge is 0.141 e. The molecule has 0 spiro atoms. The van der Waals surface area contributed by atoms with Crippen LogP contribution in [0, 0.1) is 20.8 Å². The number of aromatic nitrogens is 4. The number of nitrogens with zero attached hydrogens (tertiary/aromatic N) is 5. The molecule has 1 aliphatic heterocycles. The molecule has 6 nitrogen and oxygen atoms in total. The molecule has 0 amide bonds. The molecule has 0 aliphatic carbocycles. The van der Waals surface area contributed by atoms with Crippen LogP contribution in [0.1, 0.15) is 16.3 Å². The van der Waals surface area contributed by atoms with E-state index in [1.54, 1.807) is 17.5 Å². The topological polar surface area (TPSA) is 56.1 Å². The first kappa shape index (κ1) is 15.5. The molecule has 3 aromatic rings. The first-order chi connectivity index (χ1) is 11.6. The quantitative estimate of drug-likeness (QED) is 0.732. The lowest BCUT2D eigenvalue weighted by atomic mass is 10.2. The lowest BCUT2D eigenvalue weighted by Gasteiger charge is -2.34. The van der Waals surface area contributed by atoms with Gasteiger partial charge in [0.05, 0.1) is 24.6 Å². The summed E-state index contributed by atoms with van der Waals surface area (Å²) in [7, 11) is 0. The normalized spacial score (nSPS) is 18.5. The van der Waals surface area contributed by atoms with Crippen molar-refractivity contribution in [3.05, 3.63) is 34.7 Å². The molecule has 4 rings (SSSR count). The molecule has 0 unspecified atom stereocenters. The van der Waals surface area contributed by atoms with Crippen LogP contribution in [-0.2, 0) is 11.3 Å². The Morgan fingerprint density at radius 2 is 2.17 bits per heavy atom. The number of aryl methyl sites for hydroxylation is 3. The van der Waals surface area contributed by atoms with E-state index >= 15 is 0 Å². The van der Waals surface area contributed by atoms with Crippen LogP contribution in [0.5, 0.6) is 0 Å². The summed E-state index contributed by atoms with van der Waals surface area (Å²) in [6.45, 7) is 9.43. The van der Waals surface area contributed by atoms with Crippen LogP contribution in [0.2, 0.25) is 0 Å². The zero-order valence-electron chi connectivity index (χ0n) is 14.2. The number of morpholine rings is 1. The molecule has 24 heavy (non-hydrogen) atoms. The second-order valence-corrected chi connectivity index (χ2v) is 7.43. The lowest BCUT2D eigenvalue weighted by molar-refractivity contribution is 0.0272. The van der Waals surface area contributed by atoms with E-state index in [2.05, 4.69) is 28.8 Å². The highest BCUT2D eigenvalue weighted by Crippen LogP contribution is 2.35. The monoisotopic (exact) mass is 343 g/mol. The summed E-state index contributed by atoms with van der Waals surface area (Å²) in [6, 6.07) is 1.94. The predicted octanol–water partition coefficient (Wildman–Crippen LogP) is 2.72. The molecule has 4 heterocycles. The SMILES string of the molecule is Cc1nc(N2CCO[C@H](Cn3cccn3)C2)c2c(C)c(C)sc2n1. The van der Waals surface area contributed by atoms with Crippen LogP contribution in [0.15, 0.2) is 18.5 Å². The molecule has 0 saturated carbocycles. The molecule has 0 radical (unpaired) electrons. The minimum Gasteiger partial charge on any atom is -0.373 e. The molecular formula is C17H21N5OS. The van der Waals surface area contributed by atoms with Gasteiger partial charge in [-0.25, -0.2) is 9.97 Å². The van der Waals surface area contributed by atoms with Crippen molar-refractivity contribution in [2.24, 2.45) is 0 Å². The highest BCUT2D eigenvalue weighted by molar-refractivity contribution is 7.18. The van der Waals surface area contributed by atoms with Crippen molar-refractivity contribution in [3.8, 4) is 0 Å². The number of hydrogen-bond donors (Lipinski definition) is 0. The zero-order valence-corrected chi connectivity index (χ0v) is 15.0. The number of hydrogen-bond acceptors (Lipinski definition) is 6. The van der Waals surface area contributed by atoms with E-state index in [-0.39, 0.29) is 6.10 Å². The van der Waals surface area contributed by atoms with E-state index in [1.165, 1.54) is 15.8 Å². The maximum absolute atomic E-state index is 5.94. The Kier molecular flexibility index (Phi) is 3.97. The number of thiophene rings is 1. The van der Waals surface area contributed by atoms with E-state index in [4.69, 9.17) is 9.72 Å². The largest absolute Gasteiger partial charge is 0.373 e. The Morgan fingerprint density at radius 3 is 2.96 bits per heavy atom. The van der Waals surface area contributed by atoms with Crippen molar-refractivity contribution in [2.75, 3.05) is 24.6 Å². The average molecular weight is 343 g/mol. The minimum absolute atomic E-state index is 0.115. The minimum atomic E-state index is 0.115. The van der Waals surface area contributed by atoms with Crippen molar-refractivity contribution >= 4 is 27.4 Å². The summed E-state index contributed by atoms with van der Waals surface area (Å²) < 4.78 is 7.86. The van der Waals surface area contributed by atoms with Crippen molar-refractivity contribution in [1.82, 2.24) is 19.7 Å². The van der Waals surface area contributed by atoms with Crippen molar-refractivity contribution < 1.29 is 4.74 Å². The van der Waals surface area contributed by atoms with Crippen molar-refractivity contribution in [3.63, 3.8) is 0 Å². The van der Waals surface area contributed by atoms with Gasteiger partial charge in [0.2, 0.25) is 0 Å². The van der Waals surface area contributed by atoms with E-state index in [0.29, 0.717) is 6.61 Å². The van der Waals surface area contributed by atoms with E-state index in [1.807, 2.05) is 23.9 Å². The first-order valence-corrected chi connectivity index (χ1v) is 9.02. The Hall–Kier alpha value is -1.99. The van der Waals surface area contributed by atoms with Gasteiger partial charge >= 0.3 is 0 Å². The summed E-state index contributed by atoms with van der Waals surface area (Å²) in [6.07, 6.45) is 3.89. The fourth-order valence-electron chi connectivity index (χ4n) is 3.20. The highest BCUT2D eigenvalue weighted by atomic mass is 32.1. The fraction of sp³-hybridized carbons (Fsp3) is 0.471. The predicted molar refractivity (Wildman–Crippen MR) is 95.8 cm³/mol. The summed E-state index contributed by atoms with van der Waals surface area (Å²) in [5, 5.41) is 5.48. The summed E-state index contributed by atoms with van der Waals surface area (Å²) >= 11 is 1.75. The molecule has 3 aromatic heterocycles. The van der Waals surface area contributed by atoms with Gasteiger partial charge in [0.25, 0.3) is 0 Å². The molecule has 0 aromatic carbocycles. The molecule has 7 heteroatoms. The third kappa shape index (κ3) is 2.78. The van der Waals surface area contributed by atoms with Crippen LogP contribution in [-0.4, -0.2) is 45.5 Å². The van der Waals surface area contributed by atoms with Gasteiger partial charge in [-0.2, -0.15) is 5.10 Å². The third-order valence-electron chi connectivity index (χ3n) is 4.51. The van der Waals surface area contributed by atoms with Gasteiger partial charge < -0.3 is 9.64 Å². The van der Waals surface area contributed by atoms with Crippen LogP contribution < -0.4 is 4.90 Å². The van der Waals surface area contributed by atoms with Crippen LogP contribution in [0.4, 0.5) is 5.82 Å². The first-order valence-electron chi connectivity index (χ1n) is 8.20. The molecule has 1 fully saturated rings. The summed E-state index contributed by atoms with van der Waals surface area (Å²) in [5.74, 6) is 1.88. The average Bonchev–Trinajstić information content (AvgIpc) is 3.16. The molecule has 1 aliphatic rings. The fourth-order valence-corrected chi connectivity index (χ4v) is 4.27. The summed E-state index contributed by atoms with van der Waals surface area (Å²) in [5.41, 5.74) is 1.29. The third-order valence-corrected chi connectivity index (χ3v) is 5.61. The van der Waals surface area contributed by atoms with Gasteiger partial charge in [0.15, 0.2) is 0 Å². The summed E-state index contributed by atoms with van der Waals surface area (Å²) in [4.78, 5) is 14.1. The zero-order chi connectivity index (χ0) is 16.7. The van der Waals surface area contributed by atoms with Gasteiger partial charge in [0.1, 0.15) is 16.5 Å². The lowest BCUT2D eigenvalue weighted by Crippen LogP contribution is -2.44. The van der Waals surface area contributed by atoms with Gasteiger partial charge in [-0.3, -0.25) is 4.68 Å². The Morgan fingerprint density at radius 1 is 1.29 bits per heavy atom. The molecule has 1 atom stereocenters. The standard InChI is InChI=1S/C17H21N5OS/c1-11-12(2)24-17-15(11)16(19-13(3)20-17)21-7-8-23-14(9-21)10-22-6-4-5-18-22/h4-6,14H,7-10H2,1-3H3/t14-/m0/s1. The Balaban J connectivity index is 1.66. The number of ether oxygens (including phenoxy) is 1. The Labute approximate surface area is 145 Å². The van der Waals surface area contributed by atoms with E-state index in [0.717, 1.165) is 36.1 Å². The maximum Gasteiger partial charge on any atom is 0.141 e. The van der Waals surface area contributed by atoms with Crippen LogP contribution >= 0.6 is 11.3 Å².